The van der Waals surface area contributed by atoms with Crippen LogP contribution in [0.2, 0.25) is 0 Å². The van der Waals surface area contributed by atoms with Gasteiger partial charge in [0.25, 0.3) is 0 Å². The highest BCUT2D eigenvalue weighted by Gasteiger charge is 2.22. The Balaban J connectivity index is 1.67. The SMILES string of the molecule is [NH3+]CC1CCC(NC(=O)OCc2ccccc2)CC1. The Labute approximate surface area is 114 Å². The minimum Gasteiger partial charge on any atom is -0.445 e. The van der Waals surface area contributed by atoms with Crippen LogP contribution in [0.1, 0.15) is 31.2 Å². The van der Waals surface area contributed by atoms with Gasteiger partial charge < -0.3 is 15.8 Å². The summed E-state index contributed by atoms with van der Waals surface area (Å²) in [5.74, 6) is 0.735. The normalized spacial score (nSPS) is 22.8. The predicted molar refractivity (Wildman–Crippen MR) is 73.3 cm³/mol. The van der Waals surface area contributed by atoms with Crippen molar-refractivity contribution in [1.29, 1.82) is 0 Å². The zero-order valence-corrected chi connectivity index (χ0v) is 11.3. The first-order valence-corrected chi connectivity index (χ1v) is 7.04. The number of quaternary nitrogens is 1. The lowest BCUT2D eigenvalue weighted by Gasteiger charge is -2.26. The number of ether oxygens (including phenoxy) is 1. The molecule has 1 aromatic carbocycles. The highest BCUT2D eigenvalue weighted by Crippen LogP contribution is 2.22. The summed E-state index contributed by atoms with van der Waals surface area (Å²) in [6.07, 6.45) is 4.10. The van der Waals surface area contributed by atoms with Crippen LogP contribution in [0.25, 0.3) is 0 Å². The van der Waals surface area contributed by atoms with Crippen LogP contribution in [0.5, 0.6) is 0 Å². The maximum Gasteiger partial charge on any atom is 0.407 e. The summed E-state index contributed by atoms with van der Waals surface area (Å²) in [5, 5.41) is 2.95. The van der Waals surface area contributed by atoms with Crippen molar-refractivity contribution in [1.82, 2.24) is 5.32 Å². The third-order valence-electron chi connectivity index (χ3n) is 3.79. The summed E-state index contributed by atoms with van der Waals surface area (Å²) in [7, 11) is 0. The molecule has 0 saturated heterocycles. The van der Waals surface area contributed by atoms with Gasteiger partial charge in [-0.15, -0.1) is 0 Å². The zero-order valence-electron chi connectivity index (χ0n) is 11.3. The molecule has 4 N–H and O–H groups in total. The Kier molecular flexibility index (Phi) is 5.21. The van der Waals surface area contributed by atoms with E-state index < -0.39 is 0 Å². The largest absolute Gasteiger partial charge is 0.445 e. The average Bonchev–Trinajstić information content (AvgIpc) is 2.47. The Morgan fingerprint density at radius 1 is 1.21 bits per heavy atom. The average molecular weight is 263 g/mol. The van der Waals surface area contributed by atoms with E-state index in [4.69, 9.17) is 4.74 Å². The summed E-state index contributed by atoms with van der Waals surface area (Å²) in [6.45, 7) is 1.34. The van der Waals surface area contributed by atoms with Crippen molar-refractivity contribution in [2.24, 2.45) is 5.92 Å². The van der Waals surface area contributed by atoms with Gasteiger partial charge >= 0.3 is 6.09 Å². The Bertz CT molecular complexity index is 386. The predicted octanol–water partition coefficient (Wildman–Crippen LogP) is 1.71. The second-order valence-corrected chi connectivity index (χ2v) is 5.21. The number of carbonyl (C=O) groups is 1. The molecule has 0 radical (unpaired) electrons. The molecular formula is C15H23N2O2+. The molecule has 0 atom stereocenters. The van der Waals surface area contributed by atoms with Gasteiger partial charge in [0.15, 0.2) is 0 Å². The number of benzene rings is 1. The van der Waals surface area contributed by atoms with Gasteiger partial charge in [-0.1, -0.05) is 30.3 Å². The van der Waals surface area contributed by atoms with E-state index >= 15 is 0 Å². The second kappa shape index (κ2) is 7.14. The molecule has 0 bridgehead atoms. The van der Waals surface area contributed by atoms with Crippen LogP contribution in [0.4, 0.5) is 4.79 Å². The van der Waals surface area contributed by atoms with Crippen molar-refractivity contribution in [3.05, 3.63) is 35.9 Å². The van der Waals surface area contributed by atoms with E-state index in [1.54, 1.807) is 0 Å². The monoisotopic (exact) mass is 263 g/mol. The number of hydrogen-bond acceptors (Lipinski definition) is 2. The highest BCUT2D eigenvalue weighted by atomic mass is 16.5. The number of carbonyl (C=O) groups excluding carboxylic acids is 1. The molecule has 104 valence electrons. The molecule has 4 heteroatoms. The quantitative estimate of drug-likeness (QED) is 0.868. The van der Waals surface area contributed by atoms with Gasteiger partial charge in [-0.25, -0.2) is 4.79 Å². The summed E-state index contributed by atoms with van der Waals surface area (Å²) >= 11 is 0. The van der Waals surface area contributed by atoms with Crippen LogP contribution in [0, 0.1) is 5.92 Å². The fraction of sp³-hybridized carbons (Fsp3) is 0.533. The van der Waals surface area contributed by atoms with E-state index in [9.17, 15) is 4.79 Å². The van der Waals surface area contributed by atoms with Gasteiger partial charge in [-0.2, -0.15) is 0 Å². The van der Waals surface area contributed by atoms with Crippen LogP contribution >= 0.6 is 0 Å². The topological polar surface area (TPSA) is 66.0 Å². The van der Waals surface area contributed by atoms with E-state index in [0.717, 1.165) is 43.7 Å². The minimum absolute atomic E-state index is 0.270. The fourth-order valence-electron chi connectivity index (χ4n) is 2.53. The van der Waals surface area contributed by atoms with Gasteiger partial charge in [-0.3, -0.25) is 0 Å². The third kappa shape index (κ3) is 4.56. The number of nitrogens with one attached hydrogen (secondary N) is 1. The van der Waals surface area contributed by atoms with Crippen LogP contribution < -0.4 is 11.1 Å². The molecule has 0 aliphatic heterocycles. The molecule has 0 unspecified atom stereocenters. The van der Waals surface area contributed by atoms with Crippen molar-refractivity contribution in [3.8, 4) is 0 Å². The molecular weight excluding hydrogens is 240 g/mol. The molecule has 0 aromatic heterocycles. The zero-order chi connectivity index (χ0) is 13.5. The lowest BCUT2D eigenvalue weighted by atomic mass is 9.86. The van der Waals surface area contributed by atoms with Gasteiger partial charge in [0.05, 0.1) is 6.54 Å². The molecule has 4 nitrogen and oxygen atoms in total. The Hall–Kier alpha value is -1.55. The smallest absolute Gasteiger partial charge is 0.407 e. The molecule has 1 amide bonds. The fourth-order valence-corrected chi connectivity index (χ4v) is 2.53. The van der Waals surface area contributed by atoms with Crippen molar-refractivity contribution >= 4 is 6.09 Å². The van der Waals surface area contributed by atoms with Gasteiger partial charge in [0.1, 0.15) is 6.61 Å². The maximum absolute atomic E-state index is 11.7. The van der Waals surface area contributed by atoms with Crippen LogP contribution in [0.15, 0.2) is 30.3 Å². The molecule has 19 heavy (non-hydrogen) atoms. The number of hydrogen-bond donors (Lipinski definition) is 2. The van der Waals surface area contributed by atoms with E-state index in [1.807, 2.05) is 30.3 Å². The second-order valence-electron chi connectivity index (χ2n) is 5.21. The Morgan fingerprint density at radius 2 is 1.89 bits per heavy atom. The number of alkyl carbamates (subject to hydrolysis) is 1. The van der Waals surface area contributed by atoms with E-state index in [0.29, 0.717) is 6.61 Å². The van der Waals surface area contributed by atoms with Gasteiger partial charge in [0.2, 0.25) is 0 Å². The standard InChI is InChI=1S/C15H22N2O2/c16-10-12-6-8-14(9-7-12)17-15(18)19-11-13-4-2-1-3-5-13/h1-5,12,14H,6-11,16H2,(H,17,18)/p+1. The number of amides is 1. The summed E-state index contributed by atoms with van der Waals surface area (Å²) in [5.41, 5.74) is 4.96. The van der Waals surface area contributed by atoms with Crippen molar-refractivity contribution in [3.63, 3.8) is 0 Å². The Morgan fingerprint density at radius 3 is 2.53 bits per heavy atom. The summed E-state index contributed by atoms with van der Waals surface area (Å²) < 4.78 is 5.22. The highest BCUT2D eigenvalue weighted by molar-refractivity contribution is 5.67. The van der Waals surface area contributed by atoms with Crippen molar-refractivity contribution in [2.45, 2.75) is 38.3 Å². The molecule has 0 heterocycles. The first-order chi connectivity index (χ1) is 9.28. The van der Waals surface area contributed by atoms with Crippen LogP contribution in [-0.2, 0) is 11.3 Å². The molecule has 1 aliphatic carbocycles. The third-order valence-corrected chi connectivity index (χ3v) is 3.79. The molecule has 1 fully saturated rings. The van der Waals surface area contributed by atoms with Crippen LogP contribution in [0.3, 0.4) is 0 Å². The first kappa shape index (κ1) is 13.9. The molecule has 0 spiro atoms. The summed E-state index contributed by atoms with van der Waals surface area (Å²) in [6, 6.07) is 10.0. The van der Waals surface area contributed by atoms with Gasteiger partial charge in [-0.05, 0) is 31.2 Å². The molecule has 2 rings (SSSR count). The number of rotatable bonds is 4. The lowest BCUT2D eigenvalue weighted by Crippen LogP contribution is -2.54. The lowest BCUT2D eigenvalue weighted by molar-refractivity contribution is -0.380. The summed E-state index contributed by atoms with van der Waals surface area (Å²) in [4.78, 5) is 11.7. The van der Waals surface area contributed by atoms with E-state index in [-0.39, 0.29) is 12.1 Å². The van der Waals surface area contributed by atoms with Crippen LogP contribution in [-0.4, -0.2) is 18.7 Å². The van der Waals surface area contributed by atoms with E-state index in [2.05, 4.69) is 11.1 Å². The molecule has 1 saturated carbocycles. The van der Waals surface area contributed by atoms with Crippen molar-refractivity contribution in [2.75, 3.05) is 6.54 Å². The minimum atomic E-state index is -0.304. The van der Waals surface area contributed by atoms with Crippen molar-refractivity contribution < 1.29 is 15.3 Å². The maximum atomic E-state index is 11.7. The van der Waals surface area contributed by atoms with E-state index in [1.165, 1.54) is 0 Å². The molecule has 1 aliphatic rings. The first-order valence-electron chi connectivity index (χ1n) is 7.04. The van der Waals surface area contributed by atoms with Gasteiger partial charge in [0, 0.05) is 12.0 Å². The molecule has 1 aromatic rings.